The van der Waals surface area contributed by atoms with Gasteiger partial charge in [0.2, 0.25) is 0 Å². The quantitative estimate of drug-likeness (QED) is 0.405. The molecule has 34 heavy (non-hydrogen) atoms. The maximum absolute atomic E-state index is 13.8. The molecule has 0 radical (unpaired) electrons. The summed E-state index contributed by atoms with van der Waals surface area (Å²) in [5, 5.41) is 12.7. The molecule has 3 heterocycles. The summed E-state index contributed by atoms with van der Waals surface area (Å²) in [6, 6.07) is 15.5. The molecule has 168 valence electrons. The lowest BCUT2D eigenvalue weighted by molar-refractivity contribution is 0.0946. The van der Waals surface area contributed by atoms with E-state index in [0.29, 0.717) is 46.5 Å². The first kappa shape index (κ1) is 21.8. The Hall–Kier alpha value is -4.02. The molecule has 0 spiro atoms. The zero-order valence-electron chi connectivity index (χ0n) is 17.8. The largest absolute Gasteiger partial charge is 0.352 e. The highest BCUT2D eigenvalue weighted by atomic mass is 35.5. The number of amides is 1. The number of carbonyl (C=O) groups is 1. The molecule has 8 heteroatoms. The van der Waals surface area contributed by atoms with Gasteiger partial charge in [-0.2, -0.15) is 5.26 Å². The zero-order chi connectivity index (χ0) is 23.8. The molecule has 2 aromatic carbocycles. The van der Waals surface area contributed by atoms with Crippen molar-refractivity contribution in [3.8, 4) is 28.5 Å². The van der Waals surface area contributed by atoms with E-state index in [-0.39, 0.29) is 29.0 Å². The highest BCUT2D eigenvalue weighted by molar-refractivity contribution is 6.29. The number of hydrogen-bond acceptors (Lipinski definition) is 3. The molecule has 2 aromatic heterocycles. The third-order valence-corrected chi connectivity index (χ3v) is 6.11. The van der Waals surface area contributed by atoms with E-state index in [1.165, 1.54) is 24.3 Å². The van der Waals surface area contributed by atoms with Gasteiger partial charge in [0.25, 0.3) is 5.91 Å². The Kier molecular flexibility index (Phi) is 5.60. The van der Waals surface area contributed by atoms with Gasteiger partial charge in [-0.3, -0.25) is 4.79 Å². The lowest BCUT2D eigenvalue weighted by Crippen LogP contribution is -2.32. The topological polar surface area (TPSA) is 70.7 Å². The van der Waals surface area contributed by atoms with Gasteiger partial charge in [-0.1, -0.05) is 29.8 Å². The summed E-state index contributed by atoms with van der Waals surface area (Å²) >= 11 is 6.21. The molecule has 4 aromatic rings. The van der Waals surface area contributed by atoms with Gasteiger partial charge in [0.05, 0.1) is 22.9 Å². The van der Waals surface area contributed by atoms with Gasteiger partial charge < -0.3 is 9.88 Å². The fourth-order valence-corrected chi connectivity index (χ4v) is 4.61. The van der Waals surface area contributed by atoms with E-state index >= 15 is 0 Å². The monoisotopic (exact) mass is 474 g/mol. The first-order valence-corrected chi connectivity index (χ1v) is 10.9. The molecule has 5 nitrogen and oxygen atoms in total. The Morgan fingerprint density at radius 2 is 1.79 bits per heavy atom. The molecule has 0 saturated heterocycles. The summed E-state index contributed by atoms with van der Waals surface area (Å²) in [4.78, 5) is 17.2. The molecule has 0 atom stereocenters. The number of halogens is 3. The normalized spacial score (nSPS) is 12.7. The molecule has 0 fully saturated rings. The van der Waals surface area contributed by atoms with Gasteiger partial charge in [0.15, 0.2) is 0 Å². The van der Waals surface area contributed by atoms with Crippen molar-refractivity contribution in [1.82, 2.24) is 14.9 Å². The molecule has 5 rings (SSSR count). The van der Waals surface area contributed by atoms with Crippen LogP contribution in [0.3, 0.4) is 0 Å². The van der Waals surface area contributed by atoms with Crippen LogP contribution in [-0.4, -0.2) is 22.0 Å². The van der Waals surface area contributed by atoms with E-state index in [2.05, 4.69) is 16.4 Å². The molecular formula is C26H17ClF2N4O. The van der Waals surface area contributed by atoms with Crippen molar-refractivity contribution in [3.05, 3.63) is 100.0 Å². The molecule has 0 aliphatic carbocycles. The number of pyridine rings is 1. The summed E-state index contributed by atoms with van der Waals surface area (Å²) in [6.07, 6.45) is 2.12. The minimum atomic E-state index is -0.498. The number of nitriles is 1. The van der Waals surface area contributed by atoms with Gasteiger partial charge >= 0.3 is 0 Å². The molecule has 1 N–H and O–H groups in total. The Balaban J connectivity index is 1.84. The minimum absolute atomic E-state index is 0.213. The predicted octanol–water partition coefficient (Wildman–Crippen LogP) is 5.35. The third kappa shape index (κ3) is 3.82. The van der Waals surface area contributed by atoms with Crippen LogP contribution in [-0.2, 0) is 13.0 Å². The standard InChI is InChI=1S/C26H17ClF2N4O/c27-22-12-16(7-9-31-22)25-23(15-1-4-19(28)5-2-15)24-21(8-10-32-26(24)34)33(25)14-17-3-6-20(29)11-18(17)13-30/h1-7,9,11-12H,8,10,14H2,(H,32,34). The molecule has 1 aliphatic heterocycles. The molecule has 1 amide bonds. The first-order chi connectivity index (χ1) is 16.5. The van der Waals surface area contributed by atoms with Gasteiger partial charge in [-0.15, -0.1) is 0 Å². The van der Waals surface area contributed by atoms with Gasteiger partial charge in [0, 0.05) is 42.5 Å². The van der Waals surface area contributed by atoms with E-state index in [4.69, 9.17) is 11.6 Å². The number of aromatic nitrogens is 2. The SMILES string of the molecule is N#Cc1cc(F)ccc1Cn1c2c(c(-c3ccc(F)cc3)c1-c1ccnc(Cl)c1)C(=O)NCC2. The number of fused-ring (bicyclic) bond motifs is 1. The van der Waals surface area contributed by atoms with Crippen molar-refractivity contribution in [2.45, 2.75) is 13.0 Å². The van der Waals surface area contributed by atoms with Crippen molar-refractivity contribution >= 4 is 17.5 Å². The molecule has 1 aliphatic rings. The van der Waals surface area contributed by atoms with Crippen molar-refractivity contribution < 1.29 is 13.6 Å². The Bertz CT molecular complexity index is 1470. The van der Waals surface area contributed by atoms with E-state index in [9.17, 15) is 18.8 Å². The number of carbonyl (C=O) groups excluding carboxylic acids is 1. The summed E-state index contributed by atoms with van der Waals surface area (Å²) in [7, 11) is 0. The van der Waals surface area contributed by atoms with Crippen LogP contribution in [0.15, 0.2) is 60.8 Å². The van der Waals surface area contributed by atoms with E-state index in [0.717, 1.165) is 5.69 Å². The second-order valence-electron chi connectivity index (χ2n) is 7.92. The summed E-state index contributed by atoms with van der Waals surface area (Å²) in [6.45, 7) is 0.680. The number of hydrogen-bond donors (Lipinski definition) is 1. The Morgan fingerprint density at radius 3 is 2.53 bits per heavy atom. The number of rotatable bonds is 4. The average molecular weight is 475 g/mol. The molecule has 0 saturated carbocycles. The average Bonchev–Trinajstić information content (AvgIpc) is 3.16. The smallest absolute Gasteiger partial charge is 0.253 e. The lowest BCUT2D eigenvalue weighted by atomic mass is 9.95. The van der Waals surface area contributed by atoms with Crippen LogP contribution in [0.4, 0.5) is 8.78 Å². The maximum atomic E-state index is 13.8. The van der Waals surface area contributed by atoms with Crippen molar-refractivity contribution in [3.63, 3.8) is 0 Å². The van der Waals surface area contributed by atoms with Gasteiger partial charge in [-0.25, -0.2) is 13.8 Å². The van der Waals surface area contributed by atoms with Crippen molar-refractivity contribution in [2.24, 2.45) is 0 Å². The lowest BCUT2D eigenvalue weighted by Gasteiger charge is -2.18. The Labute approximate surface area is 199 Å². The summed E-state index contributed by atoms with van der Waals surface area (Å²) in [5.74, 6) is -1.12. The number of benzene rings is 2. The van der Waals surface area contributed by atoms with Crippen LogP contribution in [0, 0.1) is 23.0 Å². The predicted molar refractivity (Wildman–Crippen MR) is 124 cm³/mol. The van der Waals surface area contributed by atoms with Crippen LogP contribution in [0.2, 0.25) is 5.15 Å². The van der Waals surface area contributed by atoms with Crippen LogP contribution >= 0.6 is 11.6 Å². The number of nitrogens with zero attached hydrogens (tertiary/aromatic N) is 3. The van der Waals surface area contributed by atoms with Crippen LogP contribution in [0.5, 0.6) is 0 Å². The summed E-state index contributed by atoms with van der Waals surface area (Å²) in [5.41, 5.74) is 4.78. The van der Waals surface area contributed by atoms with Crippen LogP contribution in [0.25, 0.3) is 22.4 Å². The maximum Gasteiger partial charge on any atom is 0.253 e. The van der Waals surface area contributed by atoms with Crippen LogP contribution < -0.4 is 5.32 Å². The van der Waals surface area contributed by atoms with E-state index in [1.807, 2.05) is 4.57 Å². The number of nitrogens with one attached hydrogen (secondary N) is 1. The fourth-order valence-electron chi connectivity index (χ4n) is 4.44. The Morgan fingerprint density at radius 1 is 1.03 bits per heavy atom. The fraction of sp³-hybridized carbons (Fsp3) is 0.115. The third-order valence-electron chi connectivity index (χ3n) is 5.90. The zero-order valence-corrected chi connectivity index (χ0v) is 18.5. The second-order valence-corrected chi connectivity index (χ2v) is 8.31. The second kappa shape index (κ2) is 8.73. The van der Waals surface area contributed by atoms with Crippen molar-refractivity contribution in [2.75, 3.05) is 6.54 Å². The first-order valence-electron chi connectivity index (χ1n) is 10.6. The minimum Gasteiger partial charge on any atom is -0.352 e. The molecular weight excluding hydrogens is 458 g/mol. The van der Waals surface area contributed by atoms with E-state index < -0.39 is 5.82 Å². The van der Waals surface area contributed by atoms with Crippen molar-refractivity contribution in [1.29, 1.82) is 5.26 Å². The highest BCUT2D eigenvalue weighted by Crippen LogP contribution is 2.41. The highest BCUT2D eigenvalue weighted by Gasteiger charge is 2.31. The molecule has 0 unspecified atom stereocenters. The summed E-state index contributed by atoms with van der Waals surface area (Å²) < 4.78 is 29.5. The van der Waals surface area contributed by atoms with Gasteiger partial charge in [-0.05, 0) is 47.5 Å². The van der Waals surface area contributed by atoms with Gasteiger partial charge in [0.1, 0.15) is 16.8 Å². The van der Waals surface area contributed by atoms with Crippen LogP contribution in [0.1, 0.15) is 27.2 Å². The molecule has 0 bridgehead atoms. The van der Waals surface area contributed by atoms with E-state index in [1.54, 1.807) is 36.5 Å².